The molecule has 3 aromatic rings. The Kier molecular flexibility index (Phi) is 12.4. The van der Waals surface area contributed by atoms with Gasteiger partial charge in [-0.3, -0.25) is 4.79 Å². The fourth-order valence-electron chi connectivity index (χ4n) is 3.23. The number of benzene rings is 2. The number of nitrogens with one attached hydrogen (secondary N) is 1. The summed E-state index contributed by atoms with van der Waals surface area (Å²) >= 11 is 12.1. The molecule has 36 heavy (non-hydrogen) atoms. The van der Waals surface area contributed by atoms with E-state index in [0.717, 1.165) is 11.3 Å². The number of aliphatic carboxylic acids is 1. The number of rotatable bonds is 11. The van der Waals surface area contributed by atoms with Crippen LogP contribution in [0.15, 0.2) is 67.0 Å². The number of carbonyl (C=O) groups excluding carboxylic acids is 1. The van der Waals surface area contributed by atoms with Gasteiger partial charge in [0.15, 0.2) is 0 Å². The first-order valence-corrected chi connectivity index (χ1v) is 11.4. The van der Waals surface area contributed by atoms with E-state index in [-0.39, 0.29) is 53.0 Å². The van der Waals surface area contributed by atoms with Gasteiger partial charge in [0.25, 0.3) is 5.91 Å². The van der Waals surface area contributed by atoms with Crippen molar-refractivity contribution in [3.8, 4) is 0 Å². The number of carboxylic acid groups (broad SMARTS) is 1. The van der Waals surface area contributed by atoms with Crippen LogP contribution in [-0.2, 0) is 9.53 Å². The minimum atomic E-state index is -1.17. The Morgan fingerprint density at radius 1 is 1.11 bits per heavy atom. The second kappa shape index (κ2) is 14.9. The molecule has 0 fully saturated rings. The van der Waals surface area contributed by atoms with Crippen molar-refractivity contribution in [2.24, 2.45) is 0 Å². The summed E-state index contributed by atoms with van der Waals surface area (Å²) in [6.07, 6.45) is 6.90. The van der Waals surface area contributed by atoms with E-state index in [2.05, 4.69) is 15.3 Å². The monoisotopic (exact) mass is 538 g/mol. The molecule has 0 aliphatic rings. The van der Waals surface area contributed by atoms with Crippen molar-refractivity contribution in [1.29, 1.82) is 0 Å². The Bertz CT molecular complexity index is 1170. The van der Waals surface area contributed by atoms with Gasteiger partial charge in [-0.15, -0.1) is 0 Å². The van der Waals surface area contributed by atoms with Crippen LogP contribution in [-0.4, -0.2) is 53.3 Å². The molecule has 1 heterocycles. The van der Waals surface area contributed by atoms with Crippen LogP contribution in [0.5, 0.6) is 0 Å². The molecule has 1 aromatic heterocycles. The number of methoxy groups -OCH3 is 1. The maximum absolute atomic E-state index is 12.5. The zero-order valence-corrected chi connectivity index (χ0v) is 23.4. The first-order chi connectivity index (χ1) is 16.9. The number of hydrogen-bond donors (Lipinski definition) is 2. The van der Waals surface area contributed by atoms with Crippen LogP contribution in [0.4, 0.5) is 11.6 Å². The molecule has 2 aromatic carbocycles. The quantitative estimate of drug-likeness (QED) is 0.359. The fourth-order valence-corrected chi connectivity index (χ4v) is 3.80. The third-order valence-corrected chi connectivity index (χ3v) is 5.62. The van der Waals surface area contributed by atoms with Gasteiger partial charge in [-0.1, -0.05) is 53.6 Å². The van der Waals surface area contributed by atoms with E-state index in [1.54, 1.807) is 43.8 Å². The maximum Gasteiger partial charge on any atom is 1.00 e. The predicted octanol–water partition coefficient (Wildman–Crippen LogP) is 1.97. The van der Waals surface area contributed by atoms with Gasteiger partial charge in [0.1, 0.15) is 6.04 Å². The molecule has 1 unspecified atom stereocenters. The summed E-state index contributed by atoms with van der Waals surface area (Å²) in [5.74, 6) is -1.25. The molecule has 0 radical (unpaired) electrons. The standard InChI is InChI=1S/C25H24Cl2N4O4.Na.H/c1-35-16-15-31(25-28-13-4-14-29-25)18-11-9-17(10-12-18)5-2-8-21(24(33)34)30-23(32)22-19(26)6-3-7-20(22)27;;/h2-7,9-14,21H,8,15-16H2,1H3,(H,30,32)(H,33,34);;/q;+1;-1. The number of anilines is 2. The summed E-state index contributed by atoms with van der Waals surface area (Å²) in [7, 11) is 1.63. The summed E-state index contributed by atoms with van der Waals surface area (Å²) in [4.78, 5) is 34.8. The minimum absolute atomic E-state index is 0. The number of hydrogen-bond acceptors (Lipinski definition) is 6. The van der Waals surface area contributed by atoms with E-state index in [4.69, 9.17) is 27.9 Å². The number of amides is 1. The van der Waals surface area contributed by atoms with E-state index >= 15 is 0 Å². The van der Waals surface area contributed by atoms with Crippen molar-refractivity contribution in [2.45, 2.75) is 12.5 Å². The second-order valence-corrected chi connectivity index (χ2v) is 8.20. The SMILES string of the molecule is COCCN(c1ccc(C=CCC(NC(=O)c2c(Cl)cccc2Cl)C(=O)O)cc1)c1ncccn1.[H-].[Na+]. The van der Waals surface area contributed by atoms with Gasteiger partial charge in [-0.2, -0.15) is 0 Å². The van der Waals surface area contributed by atoms with Gasteiger partial charge in [0.05, 0.1) is 22.2 Å². The number of aromatic nitrogens is 2. The molecular weight excluding hydrogens is 514 g/mol. The van der Waals surface area contributed by atoms with E-state index in [0.29, 0.717) is 19.1 Å². The topological polar surface area (TPSA) is 105 Å². The van der Waals surface area contributed by atoms with Crippen LogP contribution >= 0.6 is 23.2 Å². The van der Waals surface area contributed by atoms with Gasteiger partial charge < -0.3 is 21.5 Å². The Morgan fingerprint density at radius 3 is 2.33 bits per heavy atom. The van der Waals surface area contributed by atoms with E-state index < -0.39 is 17.9 Å². The zero-order chi connectivity index (χ0) is 25.2. The van der Waals surface area contributed by atoms with Crippen LogP contribution in [0.25, 0.3) is 6.08 Å². The number of halogens is 2. The van der Waals surface area contributed by atoms with Crippen molar-refractivity contribution in [3.05, 3.63) is 88.2 Å². The Morgan fingerprint density at radius 2 is 1.75 bits per heavy atom. The van der Waals surface area contributed by atoms with Crippen LogP contribution in [0, 0.1) is 0 Å². The summed E-state index contributed by atoms with van der Waals surface area (Å²) in [5, 5.41) is 12.3. The first-order valence-electron chi connectivity index (χ1n) is 10.7. The van der Waals surface area contributed by atoms with E-state index in [1.807, 2.05) is 29.2 Å². The van der Waals surface area contributed by atoms with E-state index in [1.165, 1.54) is 12.1 Å². The zero-order valence-electron chi connectivity index (χ0n) is 20.9. The Labute approximate surface area is 243 Å². The number of nitrogens with zero attached hydrogens (tertiary/aromatic N) is 3. The second-order valence-electron chi connectivity index (χ2n) is 7.38. The van der Waals surface area contributed by atoms with Gasteiger partial charge in [-0.05, 0) is 42.3 Å². The van der Waals surface area contributed by atoms with Crippen LogP contribution in [0.1, 0.15) is 23.8 Å². The maximum atomic E-state index is 12.5. The molecule has 184 valence electrons. The van der Waals surface area contributed by atoms with Gasteiger partial charge in [0, 0.05) is 31.7 Å². The van der Waals surface area contributed by atoms with E-state index in [9.17, 15) is 14.7 Å². The smallest absolute Gasteiger partial charge is 1.00 e. The molecule has 0 saturated heterocycles. The molecule has 8 nitrogen and oxygen atoms in total. The number of carboxylic acids is 1. The molecule has 0 aliphatic heterocycles. The summed E-state index contributed by atoms with van der Waals surface area (Å²) in [6, 6.07) is 12.9. The van der Waals surface area contributed by atoms with Crippen molar-refractivity contribution in [2.75, 3.05) is 25.2 Å². The molecular formula is C25H25Cl2N4NaO4. The van der Waals surface area contributed by atoms with Gasteiger partial charge in [0.2, 0.25) is 5.95 Å². The Hall–Kier alpha value is -2.46. The molecule has 0 bridgehead atoms. The molecule has 1 atom stereocenters. The molecule has 0 spiro atoms. The summed E-state index contributed by atoms with van der Waals surface area (Å²) < 4.78 is 5.20. The van der Waals surface area contributed by atoms with Gasteiger partial charge >= 0.3 is 35.5 Å². The third kappa shape index (κ3) is 8.30. The van der Waals surface area contributed by atoms with Crippen LogP contribution in [0.3, 0.4) is 0 Å². The normalized spacial score (nSPS) is 11.5. The van der Waals surface area contributed by atoms with Crippen molar-refractivity contribution in [1.82, 2.24) is 15.3 Å². The van der Waals surface area contributed by atoms with Gasteiger partial charge in [-0.25, -0.2) is 14.8 Å². The largest absolute Gasteiger partial charge is 1.00 e. The van der Waals surface area contributed by atoms with Crippen molar-refractivity contribution < 1.29 is 50.4 Å². The Balaban J connectivity index is 0.00000342. The third-order valence-electron chi connectivity index (χ3n) is 4.99. The molecule has 3 rings (SSSR count). The fraction of sp³-hybridized carbons (Fsp3) is 0.200. The molecule has 0 aliphatic carbocycles. The molecule has 1 amide bonds. The first kappa shape index (κ1) is 29.8. The minimum Gasteiger partial charge on any atom is -1.00 e. The number of ether oxygens (including phenoxy) is 1. The average Bonchev–Trinajstić information content (AvgIpc) is 2.85. The summed E-state index contributed by atoms with van der Waals surface area (Å²) in [5.41, 5.74) is 1.79. The molecule has 2 N–H and O–H groups in total. The predicted molar refractivity (Wildman–Crippen MR) is 137 cm³/mol. The molecule has 0 saturated carbocycles. The van der Waals surface area contributed by atoms with Crippen molar-refractivity contribution in [3.63, 3.8) is 0 Å². The summed E-state index contributed by atoms with van der Waals surface area (Å²) in [6.45, 7) is 1.08. The average molecular weight is 539 g/mol. The van der Waals surface area contributed by atoms with Crippen molar-refractivity contribution >= 4 is 52.8 Å². The van der Waals surface area contributed by atoms with Crippen LogP contribution < -0.4 is 39.8 Å². The van der Waals surface area contributed by atoms with Crippen LogP contribution in [0.2, 0.25) is 10.0 Å². The number of carbonyl (C=O) groups is 2. The molecule has 11 heteroatoms.